The number of hydrogen-bond donors (Lipinski definition) is 1. The Balaban J connectivity index is 2.11. The van der Waals surface area contributed by atoms with Crippen LogP contribution < -0.4 is 0 Å². The van der Waals surface area contributed by atoms with Gasteiger partial charge in [0.25, 0.3) is 0 Å². The molecule has 1 saturated carbocycles. The van der Waals surface area contributed by atoms with Gasteiger partial charge in [-0.25, -0.2) is 4.79 Å². The van der Waals surface area contributed by atoms with Gasteiger partial charge in [0.2, 0.25) is 0 Å². The third-order valence-corrected chi connectivity index (χ3v) is 5.02. The van der Waals surface area contributed by atoms with E-state index in [1.165, 1.54) is 11.8 Å². The van der Waals surface area contributed by atoms with Gasteiger partial charge in [0.1, 0.15) is 0 Å². The highest BCUT2D eigenvalue weighted by Gasteiger charge is 2.42. The maximum Gasteiger partial charge on any atom is 0.336 e. The van der Waals surface area contributed by atoms with Gasteiger partial charge < -0.3 is 5.11 Å². The molecule has 3 nitrogen and oxygen atoms in total. The molecular weight excluding hydrogens is 314 g/mol. The second-order valence-corrected chi connectivity index (χ2v) is 6.50. The van der Waals surface area contributed by atoms with Crippen LogP contribution in [-0.4, -0.2) is 16.8 Å². The van der Waals surface area contributed by atoms with Gasteiger partial charge >= 0.3 is 5.97 Å². The minimum absolute atomic E-state index is 0.123. The smallest absolute Gasteiger partial charge is 0.336 e. The molecule has 0 saturated heterocycles. The fourth-order valence-corrected chi connectivity index (χ4v) is 3.63. The van der Waals surface area contributed by atoms with Gasteiger partial charge in [-0.15, -0.1) is 11.8 Å². The average molecular weight is 326 g/mol. The molecule has 1 N–H and O–H groups in total. The number of nitriles is 1. The molecule has 0 spiro atoms. The van der Waals surface area contributed by atoms with E-state index in [0.717, 1.165) is 28.0 Å². The Hall–Kier alpha value is -0.990. The third-order valence-electron chi connectivity index (χ3n) is 3.12. The number of rotatable bonds is 5. The van der Waals surface area contributed by atoms with Gasteiger partial charge in [-0.3, -0.25) is 0 Å². The number of benzene rings is 1. The lowest BCUT2D eigenvalue weighted by Gasteiger charge is -2.12. The van der Waals surface area contributed by atoms with Crippen molar-refractivity contribution in [2.75, 3.05) is 5.75 Å². The molecule has 1 aromatic carbocycles. The van der Waals surface area contributed by atoms with Crippen molar-refractivity contribution in [2.24, 2.45) is 5.41 Å². The Kier molecular flexibility index (Phi) is 3.98. The van der Waals surface area contributed by atoms with E-state index < -0.39 is 5.97 Å². The highest BCUT2D eigenvalue weighted by atomic mass is 79.9. The predicted octanol–water partition coefficient (Wildman–Crippen LogP) is 3.93. The SMILES string of the molecule is N#CCC1(CSc2cc(Br)ccc2C(=O)O)CC1. The van der Waals surface area contributed by atoms with Crippen LogP contribution in [-0.2, 0) is 0 Å². The van der Waals surface area contributed by atoms with Gasteiger partial charge in [-0.05, 0) is 36.5 Å². The highest BCUT2D eigenvalue weighted by Crippen LogP contribution is 2.52. The molecule has 2 rings (SSSR count). The molecule has 0 bridgehead atoms. The van der Waals surface area contributed by atoms with Crippen LogP contribution in [0.5, 0.6) is 0 Å². The second-order valence-electron chi connectivity index (χ2n) is 4.57. The van der Waals surface area contributed by atoms with Crippen molar-refractivity contribution in [3.63, 3.8) is 0 Å². The molecule has 94 valence electrons. The van der Waals surface area contributed by atoms with Gasteiger partial charge in [-0.1, -0.05) is 15.9 Å². The zero-order valence-electron chi connectivity index (χ0n) is 9.65. The van der Waals surface area contributed by atoms with E-state index in [1.54, 1.807) is 12.1 Å². The van der Waals surface area contributed by atoms with E-state index in [-0.39, 0.29) is 5.41 Å². The van der Waals surface area contributed by atoms with E-state index in [2.05, 4.69) is 22.0 Å². The van der Waals surface area contributed by atoms with Crippen molar-refractivity contribution in [1.82, 2.24) is 0 Å². The largest absolute Gasteiger partial charge is 0.478 e. The van der Waals surface area contributed by atoms with Crippen LogP contribution in [0.3, 0.4) is 0 Å². The molecule has 1 aromatic rings. The lowest BCUT2D eigenvalue weighted by Crippen LogP contribution is -2.04. The van der Waals surface area contributed by atoms with Crippen LogP contribution in [0.15, 0.2) is 27.6 Å². The fraction of sp³-hybridized carbons (Fsp3) is 0.385. The molecule has 0 heterocycles. The minimum atomic E-state index is -0.907. The zero-order valence-corrected chi connectivity index (χ0v) is 12.1. The maximum atomic E-state index is 11.1. The fourth-order valence-electron chi connectivity index (χ4n) is 1.74. The monoisotopic (exact) mass is 325 g/mol. The molecule has 0 aromatic heterocycles. The molecule has 0 aliphatic heterocycles. The third kappa shape index (κ3) is 3.06. The standard InChI is InChI=1S/C13H12BrNO2S/c14-9-1-2-10(12(16)17)11(7-9)18-8-13(3-4-13)5-6-15/h1-2,7H,3-5,8H2,(H,16,17). The van der Waals surface area contributed by atoms with Crippen molar-refractivity contribution >= 4 is 33.7 Å². The molecule has 0 unspecified atom stereocenters. The van der Waals surface area contributed by atoms with Gasteiger partial charge in [0, 0.05) is 21.5 Å². The Morgan fingerprint density at radius 1 is 1.56 bits per heavy atom. The van der Waals surface area contributed by atoms with Crippen molar-refractivity contribution in [2.45, 2.75) is 24.2 Å². The lowest BCUT2D eigenvalue weighted by atomic mass is 10.1. The zero-order chi connectivity index (χ0) is 13.2. The lowest BCUT2D eigenvalue weighted by molar-refractivity contribution is 0.0693. The molecule has 1 fully saturated rings. The van der Waals surface area contributed by atoms with Crippen LogP contribution in [0.4, 0.5) is 0 Å². The summed E-state index contributed by atoms with van der Waals surface area (Å²) < 4.78 is 0.875. The Morgan fingerprint density at radius 2 is 2.28 bits per heavy atom. The Labute approximate surface area is 118 Å². The van der Waals surface area contributed by atoms with Gasteiger partial charge in [-0.2, -0.15) is 5.26 Å². The first-order valence-corrected chi connectivity index (χ1v) is 7.37. The molecule has 0 radical (unpaired) electrons. The first-order valence-electron chi connectivity index (χ1n) is 5.59. The van der Waals surface area contributed by atoms with Crippen molar-refractivity contribution < 1.29 is 9.90 Å². The summed E-state index contributed by atoms with van der Waals surface area (Å²) in [5.41, 5.74) is 0.452. The van der Waals surface area contributed by atoms with Crippen LogP contribution in [0, 0.1) is 16.7 Å². The number of carboxylic acid groups (broad SMARTS) is 1. The van der Waals surface area contributed by atoms with Crippen molar-refractivity contribution in [1.29, 1.82) is 5.26 Å². The molecule has 0 amide bonds. The molecule has 1 aliphatic rings. The number of hydrogen-bond acceptors (Lipinski definition) is 3. The summed E-state index contributed by atoms with van der Waals surface area (Å²) in [6.07, 6.45) is 2.71. The first-order chi connectivity index (χ1) is 8.56. The minimum Gasteiger partial charge on any atom is -0.478 e. The summed E-state index contributed by atoms with van der Waals surface area (Å²) in [5, 5.41) is 17.9. The summed E-state index contributed by atoms with van der Waals surface area (Å²) in [6.45, 7) is 0. The topological polar surface area (TPSA) is 61.1 Å². The quantitative estimate of drug-likeness (QED) is 0.833. The molecule has 1 aliphatic carbocycles. The van der Waals surface area contributed by atoms with Crippen molar-refractivity contribution in [3.05, 3.63) is 28.2 Å². The van der Waals surface area contributed by atoms with Gasteiger partial charge in [0.05, 0.1) is 11.6 Å². The number of thioether (sulfide) groups is 1. The number of nitrogens with zero attached hydrogens (tertiary/aromatic N) is 1. The molecule has 5 heteroatoms. The summed E-state index contributed by atoms with van der Waals surface area (Å²) in [5.74, 6) is -0.0905. The predicted molar refractivity (Wildman–Crippen MR) is 73.7 cm³/mol. The number of halogens is 1. The van der Waals surface area contributed by atoms with Crippen molar-refractivity contribution in [3.8, 4) is 6.07 Å². The van der Waals surface area contributed by atoms with Crippen LogP contribution in [0.1, 0.15) is 29.6 Å². The highest BCUT2D eigenvalue weighted by molar-refractivity contribution is 9.10. The van der Waals surface area contributed by atoms with Crippen LogP contribution in [0.25, 0.3) is 0 Å². The van der Waals surface area contributed by atoms with Gasteiger partial charge in [0.15, 0.2) is 0 Å². The molecule has 0 atom stereocenters. The number of aromatic carboxylic acids is 1. The van der Waals surface area contributed by atoms with Crippen LogP contribution >= 0.6 is 27.7 Å². The Morgan fingerprint density at radius 3 is 2.83 bits per heavy atom. The summed E-state index contributed by atoms with van der Waals surface area (Å²) in [4.78, 5) is 11.9. The maximum absolute atomic E-state index is 11.1. The van der Waals surface area contributed by atoms with E-state index in [1.807, 2.05) is 6.07 Å². The molecular formula is C13H12BrNO2S. The number of carboxylic acids is 1. The number of carbonyl (C=O) groups is 1. The van der Waals surface area contributed by atoms with E-state index >= 15 is 0 Å². The normalized spacial score (nSPS) is 16.0. The van der Waals surface area contributed by atoms with Crippen LogP contribution in [0.2, 0.25) is 0 Å². The second kappa shape index (κ2) is 5.33. The van der Waals surface area contributed by atoms with E-state index in [9.17, 15) is 4.79 Å². The summed E-state index contributed by atoms with van der Waals surface area (Å²) in [6, 6.07) is 7.39. The molecule has 18 heavy (non-hydrogen) atoms. The Bertz CT molecular complexity index is 520. The average Bonchev–Trinajstić information content (AvgIpc) is 3.07. The summed E-state index contributed by atoms with van der Waals surface area (Å²) >= 11 is 4.89. The van der Waals surface area contributed by atoms with E-state index in [4.69, 9.17) is 10.4 Å². The van der Waals surface area contributed by atoms with E-state index in [0.29, 0.717) is 12.0 Å². The summed E-state index contributed by atoms with van der Waals surface area (Å²) in [7, 11) is 0. The first kappa shape index (κ1) is 13.4.